The molecule has 1 fully saturated rings. The molecule has 0 amide bonds. The molecule has 4 heteroatoms. The molecule has 0 aliphatic carbocycles. The molecule has 4 nitrogen and oxygen atoms in total. The van der Waals surface area contributed by atoms with Crippen molar-refractivity contribution in [3.63, 3.8) is 0 Å². The highest BCUT2D eigenvalue weighted by Crippen LogP contribution is 2.28. The van der Waals surface area contributed by atoms with Crippen LogP contribution in [-0.2, 0) is 4.74 Å². The largest absolute Gasteiger partial charge is 0.489 e. The molecular weight excluding hydrogens is 252 g/mol. The second-order valence-electron chi connectivity index (χ2n) is 5.60. The lowest BCUT2D eigenvalue weighted by molar-refractivity contribution is 0.0781. The number of hydrogen-bond donors (Lipinski definition) is 1. The minimum Gasteiger partial charge on any atom is -0.489 e. The molecule has 1 aliphatic heterocycles. The van der Waals surface area contributed by atoms with Crippen LogP contribution in [0.2, 0.25) is 0 Å². The van der Waals surface area contributed by atoms with E-state index in [2.05, 4.69) is 23.3 Å². The standard InChI is InChI=1S/C16H26N2O2/c1-4-7-18-16(15-6-5-8-19-15)13-9-14(11-17-10-13)20-12(2)3/h9-12,15-16,18H,4-8H2,1-3H3. The van der Waals surface area contributed by atoms with Gasteiger partial charge in [-0.15, -0.1) is 0 Å². The van der Waals surface area contributed by atoms with Crippen molar-refractivity contribution in [2.24, 2.45) is 0 Å². The molecule has 2 rings (SSSR count). The van der Waals surface area contributed by atoms with E-state index in [0.29, 0.717) is 0 Å². The van der Waals surface area contributed by atoms with E-state index in [0.717, 1.165) is 43.7 Å². The second kappa shape index (κ2) is 7.60. The first-order chi connectivity index (χ1) is 9.70. The minimum atomic E-state index is 0.164. The molecule has 112 valence electrons. The van der Waals surface area contributed by atoms with E-state index in [1.54, 1.807) is 6.20 Å². The van der Waals surface area contributed by atoms with Crippen LogP contribution in [0.5, 0.6) is 5.75 Å². The molecule has 20 heavy (non-hydrogen) atoms. The van der Waals surface area contributed by atoms with Crippen molar-refractivity contribution < 1.29 is 9.47 Å². The summed E-state index contributed by atoms with van der Waals surface area (Å²) in [5, 5.41) is 3.59. The Labute approximate surface area is 121 Å². The number of ether oxygens (including phenoxy) is 2. The van der Waals surface area contributed by atoms with Crippen molar-refractivity contribution >= 4 is 0 Å². The van der Waals surface area contributed by atoms with Gasteiger partial charge < -0.3 is 14.8 Å². The average Bonchev–Trinajstić information content (AvgIpc) is 2.93. The number of nitrogens with one attached hydrogen (secondary N) is 1. The predicted molar refractivity (Wildman–Crippen MR) is 80.0 cm³/mol. The fourth-order valence-corrected chi connectivity index (χ4v) is 2.57. The Bertz CT molecular complexity index is 403. The van der Waals surface area contributed by atoms with Gasteiger partial charge in [-0.3, -0.25) is 4.98 Å². The Balaban J connectivity index is 2.14. The van der Waals surface area contributed by atoms with Crippen molar-refractivity contribution in [2.75, 3.05) is 13.2 Å². The van der Waals surface area contributed by atoms with Crippen LogP contribution in [0.25, 0.3) is 0 Å². The first-order valence-electron chi connectivity index (χ1n) is 7.67. The number of nitrogens with zero attached hydrogens (tertiary/aromatic N) is 1. The molecule has 0 bridgehead atoms. The van der Waals surface area contributed by atoms with Crippen LogP contribution < -0.4 is 10.1 Å². The molecule has 2 unspecified atom stereocenters. The number of rotatable bonds is 7. The van der Waals surface area contributed by atoms with E-state index >= 15 is 0 Å². The molecule has 1 aliphatic rings. The summed E-state index contributed by atoms with van der Waals surface area (Å²) in [6.07, 6.45) is 7.47. The van der Waals surface area contributed by atoms with Gasteiger partial charge in [0.25, 0.3) is 0 Å². The average molecular weight is 278 g/mol. The van der Waals surface area contributed by atoms with Gasteiger partial charge in [-0.2, -0.15) is 0 Å². The SMILES string of the molecule is CCCNC(c1cncc(OC(C)C)c1)C1CCCO1. The van der Waals surface area contributed by atoms with Gasteiger partial charge >= 0.3 is 0 Å². The summed E-state index contributed by atoms with van der Waals surface area (Å²) >= 11 is 0. The van der Waals surface area contributed by atoms with Crippen LogP contribution in [0, 0.1) is 0 Å². The molecule has 1 N–H and O–H groups in total. The highest BCUT2D eigenvalue weighted by Gasteiger charge is 2.27. The lowest BCUT2D eigenvalue weighted by Gasteiger charge is -2.25. The van der Waals surface area contributed by atoms with Crippen molar-refractivity contribution in [1.82, 2.24) is 10.3 Å². The summed E-state index contributed by atoms with van der Waals surface area (Å²) in [7, 11) is 0. The molecule has 0 saturated carbocycles. The minimum absolute atomic E-state index is 0.164. The van der Waals surface area contributed by atoms with Gasteiger partial charge in [0.1, 0.15) is 5.75 Å². The van der Waals surface area contributed by atoms with Crippen molar-refractivity contribution in [3.8, 4) is 5.75 Å². The Kier molecular flexibility index (Phi) is 5.80. The molecule has 0 aromatic carbocycles. The third-order valence-corrected chi connectivity index (χ3v) is 3.42. The fourth-order valence-electron chi connectivity index (χ4n) is 2.57. The zero-order valence-corrected chi connectivity index (χ0v) is 12.8. The third kappa shape index (κ3) is 4.18. The topological polar surface area (TPSA) is 43.4 Å². The summed E-state index contributed by atoms with van der Waals surface area (Å²) < 4.78 is 11.6. The van der Waals surface area contributed by atoms with Crippen molar-refractivity contribution in [2.45, 2.75) is 58.3 Å². The molecule has 1 aromatic heterocycles. The van der Waals surface area contributed by atoms with Crippen molar-refractivity contribution in [3.05, 3.63) is 24.0 Å². The Morgan fingerprint density at radius 3 is 2.95 bits per heavy atom. The molecular formula is C16H26N2O2. The Morgan fingerprint density at radius 2 is 2.30 bits per heavy atom. The van der Waals surface area contributed by atoms with E-state index < -0.39 is 0 Å². The maximum absolute atomic E-state index is 5.86. The highest BCUT2D eigenvalue weighted by atomic mass is 16.5. The molecule has 1 aromatic rings. The van der Waals surface area contributed by atoms with Crippen molar-refractivity contribution in [1.29, 1.82) is 0 Å². The quantitative estimate of drug-likeness (QED) is 0.832. The highest BCUT2D eigenvalue weighted by molar-refractivity contribution is 5.27. The summed E-state index contributed by atoms with van der Waals surface area (Å²) in [6.45, 7) is 8.08. The normalized spacial score (nSPS) is 20.3. The van der Waals surface area contributed by atoms with Gasteiger partial charge in [0.05, 0.1) is 24.4 Å². The first-order valence-corrected chi connectivity index (χ1v) is 7.67. The summed E-state index contributed by atoms with van der Waals surface area (Å²) in [5.41, 5.74) is 1.16. The van der Waals surface area contributed by atoms with E-state index in [9.17, 15) is 0 Å². The van der Waals surface area contributed by atoms with Gasteiger partial charge in [0.15, 0.2) is 0 Å². The van der Waals surface area contributed by atoms with Gasteiger partial charge in [-0.25, -0.2) is 0 Å². The smallest absolute Gasteiger partial charge is 0.138 e. The summed E-state index contributed by atoms with van der Waals surface area (Å²) in [5.74, 6) is 0.832. The molecule has 0 spiro atoms. The molecule has 0 radical (unpaired) electrons. The monoisotopic (exact) mass is 278 g/mol. The van der Waals surface area contributed by atoms with Crippen LogP contribution in [-0.4, -0.2) is 30.3 Å². The van der Waals surface area contributed by atoms with Crippen LogP contribution in [0.3, 0.4) is 0 Å². The molecule has 2 atom stereocenters. The maximum Gasteiger partial charge on any atom is 0.138 e. The zero-order valence-electron chi connectivity index (χ0n) is 12.8. The third-order valence-electron chi connectivity index (χ3n) is 3.42. The maximum atomic E-state index is 5.86. The number of aromatic nitrogens is 1. The van der Waals surface area contributed by atoms with E-state index in [1.807, 2.05) is 20.0 Å². The second-order valence-corrected chi connectivity index (χ2v) is 5.60. The van der Waals surface area contributed by atoms with Crippen LogP contribution in [0.15, 0.2) is 18.5 Å². The zero-order chi connectivity index (χ0) is 14.4. The molecule has 2 heterocycles. The van der Waals surface area contributed by atoms with E-state index in [-0.39, 0.29) is 18.2 Å². The fraction of sp³-hybridized carbons (Fsp3) is 0.688. The van der Waals surface area contributed by atoms with Gasteiger partial charge in [-0.05, 0) is 51.3 Å². The lowest BCUT2D eigenvalue weighted by atomic mass is 10.0. The lowest BCUT2D eigenvalue weighted by Crippen LogP contribution is -2.32. The van der Waals surface area contributed by atoms with Crippen LogP contribution in [0.4, 0.5) is 0 Å². The van der Waals surface area contributed by atoms with Gasteiger partial charge in [0.2, 0.25) is 0 Å². The number of pyridine rings is 1. The van der Waals surface area contributed by atoms with E-state index in [1.165, 1.54) is 0 Å². The predicted octanol–water partition coefficient (Wildman–Crippen LogP) is 3.09. The Morgan fingerprint density at radius 1 is 1.45 bits per heavy atom. The first kappa shape index (κ1) is 15.3. The van der Waals surface area contributed by atoms with Crippen LogP contribution >= 0.6 is 0 Å². The summed E-state index contributed by atoms with van der Waals surface area (Å²) in [6, 6.07) is 2.29. The summed E-state index contributed by atoms with van der Waals surface area (Å²) in [4.78, 5) is 4.32. The van der Waals surface area contributed by atoms with E-state index in [4.69, 9.17) is 9.47 Å². The molecule has 1 saturated heterocycles. The van der Waals surface area contributed by atoms with Gasteiger partial charge in [0, 0.05) is 12.8 Å². The van der Waals surface area contributed by atoms with Crippen LogP contribution in [0.1, 0.15) is 51.6 Å². The number of hydrogen-bond acceptors (Lipinski definition) is 4. The Hall–Kier alpha value is -1.13. The van der Waals surface area contributed by atoms with Gasteiger partial charge in [-0.1, -0.05) is 6.92 Å².